The van der Waals surface area contributed by atoms with E-state index in [2.05, 4.69) is 54.5 Å². The first-order valence-corrected chi connectivity index (χ1v) is 13.0. The first-order valence-electron chi connectivity index (χ1n) is 13.0. The van der Waals surface area contributed by atoms with Gasteiger partial charge in [0.1, 0.15) is 0 Å². The second kappa shape index (κ2) is 6.60. The first-order chi connectivity index (χ1) is 14.7. The molecular formula is C29H44O3. The highest BCUT2D eigenvalue weighted by molar-refractivity contribution is 6.07. The molecule has 0 heterocycles. The van der Waals surface area contributed by atoms with Crippen molar-refractivity contribution >= 4 is 5.78 Å². The number of carbonyl (C=O) groups excluding carboxylic acids is 1. The zero-order valence-electron chi connectivity index (χ0n) is 21.3. The Kier molecular flexibility index (Phi) is 4.71. The van der Waals surface area contributed by atoms with Gasteiger partial charge in [-0.05, 0) is 96.5 Å². The minimum atomic E-state index is -0.669. The molecule has 0 spiro atoms. The third-order valence-electron chi connectivity index (χ3n) is 11.4. The van der Waals surface area contributed by atoms with E-state index in [1.54, 1.807) is 0 Å². The lowest BCUT2D eigenvalue weighted by Crippen LogP contribution is -2.64. The molecular weight excluding hydrogens is 396 g/mol. The predicted octanol–water partition coefficient (Wildman–Crippen LogP) is 5.99. The average molecular weight is 441 g/mol. The van der Waals surface area contributed by atoms with Gasteiger partial charge in [-0.25, -0.2) is 0 Å². The molecule has 0 amide bonds. The van der Waals surface area contributed by atoms with Crippen molar-refractivity contribution in [3.8, 4) is 0 Å². The second-order valence-electron chi connectivity index (χ2n) is 14.2. The van der Waals surface area contributed by atoms with Crippen LogP contribution in [-0.2, 0) is 4.79 Å². The third-order valence-corrected chi connectivity index (χ3v) is 11.4. The number of allylic oxidation sites excluding steroid dienone is 4. The van der Waals surface area contributed by atoms with E-state index in [9.17, 15) is 15.0 Å². The maximum atomic E-state index is 13.4. The Morgan fingerprint density at radius 2 is 1.56 bits per heavy atom. The van der Waals surface area contributed by atoms with Gasteiger partial charge < -0.3 is 10.2 Å². The molecule has 5 aliphatic rings. The number of carbonyl (C=O) groups is 1. The Morgan fingerprint density at radius 3 is 2.25 bits per heavy atom. The lowest BCUT2D eigenvalue weighted by Gasteiger charge is -2.68. The molecule has 5 rings (SSSR count). The van der Waals surface area contributed by atoms with E-state index in [4.69, 9.17) is 0 Å². The molecule has 0 bridgehead atoms. The van der Waals surface area contributed by atoms with Gasteiger partial charge in [-0.2, -0.15) is 0 Å². The summed E-state index contributed by atoms with van der Waals surface area (Å²) in [6.07, 6.45) is 8.84. The van der Waals surface area contributed by atoms with Crippen LogP contribution < -0.4 is 0 Å². The highest BCUT2D eigenvalue weighted by Crippen LogP contribution is 2.72. The minimum absolute atomic E-state index is 0.00229. The second-order valence-corrected chi connectivity index (χ2v) is 14.2. The van der Waals surface area contributed by atoms with Crippen molar-refractivity contribution in [1.82, 2.24) is 0 Å². The molecule has 5 aliphatic carbocycles. The first kappa shape index (κ1) is 22.8. The number of hydrogen-bond acceptors (Lipinski definition) is 3. The predicted molar refractivity (Wildman–Crippen MR) is 128 cm³/mol. The van der Waals surface area contributed by atoms with Crippen LogP contribution in [0, 0.1) is 38.9 Å². The molecule has 0 aromatic carbocycles. The van der Waals surface area contributed by atoms with Gasteiger partial charge in [-0.3, -0.25) is 4.79 Å². The van der Waals surface area contributed by atoms with Crippen molar-refractivity contribution in [2.75, 3.05) is 0 Å². The fraction of sp³-hybridized carbons (Fsp3) is 0.828. The Morgan fingerprint density at radius 1 is 0.906 bits per heavy atom. The minimum Gasteiger partial charge on any atom is -0.390 e. The zero-order valence-corrected chi connectivity index (χ0v) is 21.3. The molecule has 7 atom stereocenters. The van der Waals surface area contributed by atoms with Gasteiger partial charge in [0.05, 0.1) is 12.2 Å². The van der Waals surface area contributed by atoms with Crippen LogP contribution in [0.5, 0.6) is 0 Å². The maximum Gasteiger partial charge on any atom is 0.181 e. The fourth-order valence-electron chi connectivity index (χ4n) is 9.80. The van der Waals surface area contributed by atoms with E-state index in [1.165, 1.54) is 11.1 Å². The topological polar surface area (TPSA) is 57.5 Å². The summed E-state index contributed by atoms with van der Waals surface area (Å²) in [5, 5.41) is 21.8. The number of ketones is 1. The van der Waals surface area contributed by atoms with Crippen LogP contribution in [0.25, 0.3) is 0 Å². The summed E-state index contributed by atoms with van der Waals surface area (Å²) < 4.78 is 0. The molecule has 0 unspecified atom stereocenters. The molecule has 0 aromatic heterocycles. The van der Waals surface area contributed by atoms with Gasteiger partial charge in [0.25, 0.3) is 0 Å². The van der Waals surface area contributed by atoms with Crippen LogP contribution in [0.15, 0.2) is 22.8 Å². The molecule has 3 nitrogen and oxygen atoms in total. The van der Waals surface area contributed by atoms with E-state index in [0.29, 0.717) is 18.3 Å². The fourth-order valence-corrected chi connectivity index (χ4v) is 9.80. The molecule has 0 aliphatic heterocycles. The number of fused-ring (bicyclic) bond motifs is 6. The standard InChI is InChI=1S/C29H44O3/c1-25(2)11-8-17-18(15-25)27(5)12-10-22-28(6,23(27)14-19(17)30)13-9-21-26(3,4)24(32)20(31)16-29(21,22)7/h14,20-22,24,31-32H,8-13,15-16H2,1-7H3/t20-,21+,22+,24+,27+,28-,29+/m1/s1. The van der Waals surface area contributed by atoms with Gasteiger partial charge in [-0.15, -0.1) is 0 Å². The summed E-state index contributed by atoms with van der Waals surface area (Å²) in [4.78, 5) is 13.4. The van der Waals surface area contributed by atoms with Crippen molar-refractivity contribution in [1.29, 1.82) is 0 Å². The Bertz CT molecular complexity index is 923. The smallest absolute Gasteiger partial charge is 0.181 e. The molecule has 3 saturated carbocycles. The zero-order chi connectivity index (χ0) is 23.5. The monoisotopic (exact) mass is 440 g/mol. The van der Waals surface area contributed by atoms with Crippen molar-refractivity contribution in [3.63, 3.8) is 0 Å². The Balaban J connectivity index is 1.59. The van der Waals surface area contributed by atoms with Gasteiger partial charge in [0.15, 0.2) is 5.78 Å². The summed E-state index contributed by atoms with van der Waals surface area (Å²) in [7, 11) is 0. The van der Waals surface area contributed by atoms with Crippen LogP contribution in [0.3, 0.4) is 0 Å². The van der Waals surface area contributed by atoms with E-state index in [1.807, 2.05) is 0 Å². The van der Waals surface area contributed by atoms with Crippen molar-refractivity contribution in [3.05, 3.63) is 22.8 Å². The Hall–Kier alpha value is -0.930. The summed E-state index contributed by atoms with van der Waals surface area (Å²) >= 11 is 0. The van der Waals surface area contributed by atoms with Gasteiger partial charge >= 0.3 is 0 Å². The van der Waals surface area contributed by atoms with Gasteiger partial charge in [0, 0.05) is 5.41 Å². The van der Waals surface area contributed by atoms with Crippen LogP contribution in [0.4, 0.5) is 0 Å². The SMILES string of the molecule is CC1(C)CCC2=C(C1)[C@]1(C)CC[C@@H]3[C@@]4(C)C[C@@H](O)[C@H](O)C(C)(C)[C@@H]4CC[C@@]3(C)C1=CC2=O. The summed E-state index contributed by atoms with van der Waals surface area (Å²) in [6.45, 7) is 16.3. The number of hydrogen-bond donors (Lipinski definition) is 2. The molecule has 0 saturated heterocycles. The normalized spacial score (nSPS) is 49.4. The highest BCUT2D eigenvalue weighted by Gasteiger charge is 2.66. The number of aliphatic hydroxyl groups is 2. The van der Waals surface area contributed by atoms with Gasteiger partial charge in [0.2, 0.25) is 0 Å². The summed E-state index contributed by atoms with van der Waals surface area (Å²) in [5.41, 5.74) is 3.87. The third kappa shape index (κ3) is 2.76. The molecule has 3 fully saturated rings. The van der Waals surface area contributed by atoms with E-state index in [-0.39, 0.29) is 32.9 Å². The number of rotatable bonds is 0. The van der Waals surface area contributed by atoms with E-state index < -0.39 is 12.2 Å². The summed E-state index contributed by atoms with van der Waals surface area (Å²) in [5.74, 6) is 1.09. The van der Waals surface area contributed by atoms with Crippen LogP contribution in [0.1, 0.15) is 99.8 Å². The summed E-state index contributed by atoms with van der Waals surface area (Å²) in [6, 6.07) is 0. The molecule has 0 radical (unpaired) electrons. The molecule has 32 heavy (non-hydrogen) atoms. The van der Waals surface area contributed by atoms with Crippen molar-refractivity contribution in [2.45, 2.75) is 112 Å². The largest absolute Gasteiger partial charge is 0.390 e. The maximum absolute atomic E-state index is 13.4. The molecule has 2 N–H and O–H groups in total. The Labute approximate surface area is 194 Å². The van der Waals surface area contributed by atoms with Crippen LogP contribution in [-0.4, -0.2) is 28.2 Å². The van der Waals surface area contributed by atoms with E-state index >= 15 is 0 Å². The van der Waals surface area contributed by atoms with Crippen molar-refractivity contribution in [2.24, 2.45) is 38.9 Å². The van der Waals surface area contributed by atoms with Gasteiger partial charge in [-0.1, -0.05) is 59.6 Å². The molecule has 3 heteroatoms. The lowest BCUT2D eigenvalue weighted by atomic mass is 9.36. The molecule has 0 aromatic rings. The highest BCUT2D eigenvalue weighted by atomic mass is 16.3. The molecule has 178 valence electrons. The quantitative estimate of drug-likeness (QED) is 0.486. The lowest BCUT2D eigenvalue weighted by molar-refractivity contribution is -0.213. The van der Waals surface area contributed by atoms with Crippen LogP contribution >= 0.6 is 0 Å². The number of aliphatic hydroxyl groups excluding tert-OH is 2. The average Bonchev–Trinajstić information content (AvgIpc) is 2.67. The van der Waals surface area contributed by atoms with E-state index in [0.717, 1.165) is 50.5 Å². The van der Waals surface area contributed by atoms with Crippen LogP contribution in [0.2, 0.25) is 0 Å². The van der Waals surface area contributed by atoms with Crippen molar-refractivity contribution < 1.29 is 15.0 Å².